The molecule has 10 heteroatoms. The number of carboxylic acids is 1. The van der Waals surface area contributed by atoms with Gasteiger partial charge in [-0.2, -0.15) is 0 Å². The van der Waals surface area contributed by atoms with E-state index in [0.29, 0.717) is 28.0 Å². The number of aromatic carboxylic acids is 1. The first-order valence-electron chi connectivity index (χ1n) is 11.9. The predicted molar refractivity (Wildman–Crippen MR) is 148 cm³/mol. The summed E-state index contributed by atoms with van der Waals surface area (Å²) in [6.07, 6.45) is 0. The van der Waals surface area contributed by atoms with E-state index in [2.05, 4.69) is 14.7 Å². The Morgan fingerprint density at radius 1 is 0.947 bits per heavy atom. The first-order valence-corrected chi connectivity index (χ1v) is 14.3. The summed E-state index contributed by atoms with van der Waals surface area (Å²) in [5.41, 5.74) is 3.66. The summed E-state index contributed by atoms with van der Waals surface area (Å²) in [7, 11) is -3.67. The first kappa shape index (κ1) is 27.6. The summed E-state index contributed by atoms with van der Waals surface area (Å²) in [6, 6.07) is 16.8. The van der Waals surface area contributed by atoms with Gasteiger partial charge in [-0.1, -0.05) is 23.9 Å². The maximum atomic E-state index is 12.7. The van der Waals surface area contributed by atoms with E-state index in [0.717, 1.165) is 22.5 Å². The van der Waals surface area contributed by atoms with E-state index >= 15 is 0 Å². The van der Waals surface area contributed by atoms with Crippen molar-refractivity contribution in [2.45, 2.75) is 56.0 Å². The van der Waals surface area contributed by atoms with Crippen LogP contribution in [-0.2, 0) is 15.8 Å². The smallest absolute Gasteiger partial charge is 0.335 e. The molecule has 0 bridgehead atoms. The number of rotatable bonds is 8. The average Bonchev–Trinajstić information content (AvgIpc) is 3.25. The first-order chi connectivity index (χ1) is 17.8. The molecule has 4 rings (SSSR count). The lowest BCUT2D eigenvalue weighted by Gasteiger charge is -2.20. The van der Waals surface area contributed by atoms with Gasteiger partial charge in [0.2, 0.25) is 10.0 Å². The van der Waals surface area contributed by atoms with E-state index in [4.69, 9.17) is 4.42 Å². The molecule has 2 heterocycles. The SMILES string of the molecule is Cc1cc(C)nc(SCc2cc(-c3ccc(S(=O)(=O)NC(C)(C)C)cc3)oc2-c2ccc(C(=O)O)cc2)n1. The van der Waals surface area contributed by atoms with Crippen LogP contribution in [0, 0.1) is 13.8 Å². The Labute approximate surface area is 226 Å². The van der Waals surface area contributed by atoms with Gasteiger partial charge in [-0.3, -0.25) is 0 Å². The van der Waals surface area contributed by atoms with E-state index in [-0.39, 0.29) is 10.5 Å². The van der Waals surface area contributed by atoms with Crippen LogP contribution in [-0.4, -0.2) is 35.0 Å². The van der Waals surface area contributed by atoms with Gasteiger partial charge in [0, 0.05) is 39.4 Å². The summed E-state index contributed by atoms with van der Waals surface area (Å²) in [5, 5.41) is 9.91. The van der Waals surface area contributed by atoms with Crippen molar-refractivity contribution in [1.82, 2.24) is 14.7 Å². The molecule has 8 nitrogen and oxygen atoms in total. The van der Waals surface area contributed by atoms with E-state index in [1.807, 2.05) is 26.0 Å². The molecule has 0 fully saturated rings. The summed E-state index contributed by atoms with van der Waals surface area (Å²) in [5.74, 6) is 0.673. The maximum absolute atomic E-state index is 12.7. The topological polar surface area (TPSA) is 122 Å². The monoisotopic (exact) mass is 551 g/mol. The Hall–Kier alpha value is -3.47. The van der Waals surface area contributed by atoms with Crippen molar-refractivity contribution < 1.29 is 22.7 Å². The van der Waals surface area contributed by atoms with E-state index in [1.54, 1.807) is 57.2 Å². The zero-order chi connectivity index (χ0) is 27.7. The molecule has 2 aromatic carbocycles. The number of carbonyl (C=O) groups is 1. The van der Waals surface area contributed by atoms with Crippen molar-refractivity contribution in [2.75, 3.05) is 0 Å². The summed E-state index contributed by atoms with van der Waals surface area (Å²) < 4.78 is 34.3. The molecule has 0 amide bonds. The lowest BCUT2D eigenvalue weighted by molar-refractivity contribution is 0.0697. The third-order valence-corrected chi connectivity index (χ3v) is 8.08. The van der Waals surface area contributed by atoms with Crippen molar-refractivity contribution >= 4 is 27.8 Å². The fraction of sp³-hybridized carbons (Fsp3) is 0.250. The van der Waals surface area contributed by atoms with Gasteiger partial charge in [-0.15, -0.1) is 0 Å². The number of sulfonamides is 1. The minimum Gasteiger partial charge on any atom is -0.478 e. The highest BCUT2D eigenvalue weighted by Crippen LogP contribution is 2.36. The highest BCUT2D eigenvalue weighted by Gasteiger charge is 2.22. The van der Waals surface area contributed by atoms with Crippen molar-refractivity contribution in [1.29, 1.82) is 0 Å². The quantitative estimate of drug-likeness (QED) is 0.199. The van der Waals surface area contributed by atoms with Crippen LogP contribution in [0.25, 0.3) is 22.6 Å². The molecule has 0 radical (unpaired) electrons. The van der Waals surface area contributed by atoms with Gasteiger partial charge in [0.25, 0.3) is 0 Å². The Bertz CT molecular complexity index is 1550. The fourth-order valence-electron chi connectivity index (χ4n) is 3.85. The lowest BCUT2D eigenvalue weighted by atomic mass is 10.1. The summed E-state index contributed by atoms with van der Waals surface area (Å²) in [4.78, 5) is 20.5. The van der Waals surface area contributed by atoms with E-state index in [9.17, 15) is 18.3 Å². The third-order valence-electron chi connectivity index (χ3n) is 5.41. The molecule has 0 spiro atoms. The molecule has 0 saturated carbocycles. The number of nitrogens with one attached hydrogen (secondary N) is 1. The second kappa shape index (κ2) is 10.7. The third kappa shape index (κ3) is 6.69. The second-order valence-corrected chi connectivity index (χ2v) is 12.6. The number of benzene rings is 2. The number of aryl methyl sites for hydroxylation is 2. The zero-order valence-corrected chi connectivity index (χ0v) is 23.4. The molecule has 0 unspecified atom stereocenters. The Kier molecular flexibility index (Phi) is 7.78. The summed E-state index contributed by atoms with van der Waals surface area (Å²) >= 11 is 1.47. The van der Waals surface area contributed by atoms with Crippen LogP contribution >= 0.6 is 11.8 Å². The number of hydrogen-bond acceptors (Lipinski definition) is 7. The molecule has 0 aliphatic heterocycles. The largest absolute Gasteiger partial charge is 0.478 e. The Morgan fingerprint density at radius 2 is 1.53 bits per heavy atom. The highest BCUT2D eigenvalue weighted by atomic mass is 32.2. The van der Waals surface area contributed by atoms with Crippen LogP contribution in [0.15, 0.2) is 75.1 Å². The molecule has 198 valence electrons. The van der Waals surface area contributed by atoms with E-state index in [1.165, 1.54) is 23.9 Å². The van der Waals surface area contributed by atoms with Gasteiger partial charge in [0.1, 0.15) is 11.5 Å². The number of thioether (sulfide) groups is 1. The number of carboxylic acid groups (broad SMARTS) is 1. The highest BCUT2D eigenvalue weighted by molar-refractivity contribution is 7.98. The molecular weight excluding hydrogens is 522 g/mol. The van der Waals surface area contributed by atoms with Crippen LogP contribution < -0.4 is 4.72 Å². The predicted octanol–water partition coefficient (Wildman–Crippen LogP) is 6.09. The molecular formula is C28H29N3O5S2. The molecule has 38 heavy (non-hydrogen) atoms. The normalized spacial score (nSPS) is 12.0. The molecule has 0 atom stereocenters. The standard InChI is InChI=1S/C28H29N3O5S2/c1-17-14-18(2)30-27(29-17)37-16-22-15-24(36-25(22)20-6-8-21(9-7-20)26(32)33)19-10-12-23(13-11-19)38(34,35)31-28(3,4)5/h6-15,31H,16H2,1-5H3,(H,32,33). The van der Waals surface area contributed by atoms with Crippen molar-refractivity contribution in [2.24, 2.45) is 0 Å². The maximum Gasteiger partial charge on any atom is 0.335 e. The van der Waals surface area contributed by atoms with Gasteiger partial charge in [-0.05, 0) is 83.1 Å². The molecule has 0 aliphatic carbocycles. The van der Waals surface area contributed by atoms with Gasteiger partial charge in [0.05, 0.1) is 10.5 Å². The van der Waals surface area contributed by atoms with Gasteiger partial charge < -0.3 is 9.52 Å². The van der Waals surface area contributed by atoms with Crippen molar-refractivity contribution in [3.8, 4) is 22.6 Å². The lowest BCUT2D eigenvalue weighted by Crippen LogP contribution is -2.40. The molecule has 0 aliphatic rings. The van der Waals surface area contributed by atoms with Gasteiger partial charge >= 0.3 is 5.97 Å². The van der Waals surface area contributed by atoms with Gasteiger partial charge in [0.15, 0.2) is 5.16 Å². The Morgan fingerprint density at radius 3 is 2.08 bits per heavy atom. The van der Waals surface area contributed by atoms with E-state index < -0.39 is 21.5 Å². The number of aromatic nitrogens is 2. The van der Waals surface area contributed by atoms with Crippen LogP contribution in [0.4, 0.5) is 0 Å². The summed E-state index contributed by atoms with van der Waals surface area (Å²) in [6.45, 7) is 9.20. The fourth-order valence-corrected chi connectivity index (χ4v) is 6.18. The van der Waals surface area contributed by atoms with Crippen LogP contribution in [0.5, 0.6) is 0 Å². The van der Waals surface area contributed by atoms with Crippen LogP contribution in [0.3, 0.4) is 0 Å². The van der Waals surface area contributed by atoms with Crippen LogP contribution in [0.1, 0.15) is 48.1 Å². The zero-order valence-electron chi connectivity index (χ0n) is 21.8. The number of furan rings is 1. The minimum atomic E-state index is -3.67. The second-order valence-electron chi connectivity index (χ2n) is 9.95. The van der Waals surface area contributed by atoms with Crippen LogP contribution in [0.2, 0.25) is 0 Å². The molecule has 2 aromatic heterocycles. The molecule has 2 N–H and O–H groups in total. The Balaban J connectivity index is 1.68. The minimum absolute atomic E-state index is 0.162. The van der Waals surface area contributed by atoms with Crippen molar-refractivity contribution in [3.63, 3.8) is 0 Å². The number of hydrogen-bond donors (Lipinski definition) is 2. The van der Waals surface area contributed by atoms with Gasteiger partial charge in [-0.25, -0.2) is 27.9 Å². The molecule has 0 saturated heterocycles. The number of nitrogens with zero attached hydrogens (tertiary/aromatic N) is 2. The molecule has 4 aromatic rings. The average molecular weight is 552 g/mol. The van der Waals surface area contributed by atoms with Crippen molar-refractivity contribution in [3.05, 3.63) is 83.2 Å².